The zero-order valence-electron chi connectivity index (χ0n) is 13.2. The van der Waals surface area contributed by atoms with Crippen LogP contribution in [-0.2, 0) is 0 Å². The highest BCUT2D eigenvalue weighted by atomic mass is 16.5. The number of esters is 1. The fourth-order valence-electron chi connectivity index (χ4n) is 2.49. The van der Waals surface area contributed by atoms with E-state index in [1.54, 1.807) is 24.3 Å². The van der Waals surface area contributed by atoms with Gasteiger partial charge >= 0.3 is 11.6 Å². The Bertz CT molecular complexity index is 967. The Morgan fingerprint density at radius 3 is 2.52 bits per heavy atom. The smallest absolute Gasteiger partial charge is 0.343 e. The lowest BCUT2D eigenvalue weighted by Crippen LogP contribution is -2.10. The summed E-state index contributed by atoms with van der Waals surface area (Å²) < 4.78 is 10.6. The average molecular weight is 308 g/mol. The van der Waals surface area contributed by atoms with Crippen LogP contribution >= 0.6 is 0 Å². The molecule has 0 N–H and O–H groups in total. The summed E-state index contributed by atoms with van der Waals surface area (Å²) in [7, 11) is 0. The largest absolute Gasteiger partial charge is 0.423 e. The van der Waals surface area contributed by atoms with E-state index in [4.69, 9.17) is 9.15 Å². The molecule has 0 aliphatic rings. The van der Waals surface area contributed by atoms with Gasteiger partial charge in [0.15, 0.2) is 0 Å². The summed E-state index contributed by atoms with van der Waals surface area (Å²) in [5.41, 5.74) is 3.17. The van der Waals surface area contributed by atoms with Gasteiger partial charge in [0.05, 0.1) is 5.56 Å². The van der Waals surface area contributed by atoms with Gasteiger partial charge in [-0.1, -0.05) is 17.7 Å². The molecule has 1 aromatic heterocycles. The zero-order valence-corrected chi connectivity index (χ0v) is 13.2. The first-order valence-electron chi connectivity index (χ1n) is 7.28. The first kappa shape index (κ1) is 15.0. The first-order chi connectivity index (χ1) is 10.9. The molecular weight excluding hydrogens is 292 g/mol. The van der Waals surface area contributed by atoms with Gasteiger partial charge in [-0.3, -0.25) is 0 Å². The second-order valence-corrected chi connectivity index (χ2v) is 5.61. The highest BCUT2D eigenvalue weighted by Gasteiger charge is 2.13. The third-order valence-electron chi connectivity index (χ3n) is 3.75. The van der Waals surface area contributed by atoms with Crippen molar-refractivity contribution < 1.29 is 13.9 Å². The molecule has 0 aliphatic heterocycles. The van der Waals surface area contributed by atoms with Crippen molar-refractivity contribution in [3.05, 3.63) is 75.1 Å². The van der Waals surface area contributed by atoms with Crippen LogP contribution in [0.4, 0.5) is 0 Å². The van der Waals surface area contributed by atoms with Crippen LogP contribution in [0.25, 0.3) is 11.0 Å². The Morgan fingerprint density at radius 2 is 1.74 bits per heavy atom. The lowest BCUT2D eigenvalue weighted by Gasteiger charge is -2.08. The van der Waals surface area contributed by atoms with E-state index in [2.05, 4.69) is 0 Å². The van der Waals surface area contributed by atoms with Crippen molar-refractivity contribution in [3.8, 4) is 5.75 Å². The quantitative estimate of drug-likeness (QED) is 0.409. The topological polar surface area (TPSA) is 56.5 Å². The van der Waals surface area contributed by atoms with E-state index in [-0.39, 0.29) is 0 Å². The highest BCUT2D eigenvalue weighted by Crippen LogP contribution is 2.23. The van der Waals surface area contributed by atoms with Gasteiger partial charge in [0.25, 0.3) is 0 Å². The van der Waals surface area contributed by atoms with Gasteiger partial charge in [-0.05, 0) is 50.1 Å². The van der Waals surface area contributed by atoms with Crippen molar-refractivity contribution in [3.63, 3.8) is 0 Å². The lowest BCUT2D eigenvalue weighted by atomic mass is 10.1. The Hall–Kier alpha value is -2.88. The van der Waals surface area contributed by atoms with Crippen molar-refractivity contribution in [2.75, 3.05) is 0 Å². The number of rotatable bonds is 2. The van der Waals surface area contributed by atoms with Crippen LogP contribution in [0.15, 0.2) is 51.7 Å². The fourth-order valence-corrected chi connectivity index (χ4v) is 2.49. The maximum Gasteiger partial charge on any atom is 0.343 e. The van der Waals surface area contributed by atoms with Gasteiger partial charge in [0.1, 0.15) is 11.3 Å². The van der Waals surface area contributed by atoms with Crippen LogP contribution in [-0.4, -0.2) is 5.97 Å². The number of aryl methyl sites for hydroxylation is 3. The molecule has 3 aromatic rings. The van der Waals surface area contributed by atoms with E-state index in [1.165, 1.54) is 6.07 Å². The SMILES string of the molecule is Cc1ccc(C)c(C(=O)Oc2ccc3c(C)cc(=O)oc3c2)c1. The van der Waals surface area contributed by atoms with Crippen LogP contribution in [0.5, 0.6) is 5.75 Å². The van der Waals surface area contributed by atoms with Crippen LogP contribution in [0.1, 0.15) is 27.0 Å². The molecule has 2 aromatic carbocycles. The summed E-state index contributed by atoms with van der Waals surface area (Å²) >= 11 is 0. The molecule has 0 saturated carbocycles. The van der Waals surface area contributed by atoms with Crippen LogP contribution in [0.3, 0.4) is 0 Å². The number of ether oxygens (including phenoxy) is 1. The van der Waals surface area contributed by atoms with Crippen molar-refractivity contribution in [1.82, 2.24) is 0 Å². The minimum Gasteiger partial charge on any atom is -0.423 e. The van der Waals surface area contributed by atoms with Crippen LogP contribution in [0, 0.1) is 20.8 Å². The third-order valence-corrected chi connectivity index (χ3v) is 3.75. The summed E-state index contributed by atoms with van der Waals surface area (Å²) in [6, 6.07) is 12.1. The van der Waals surface area contributed by atoms with Gasteiger partial charge < -0.3 is 9.15 Å². The molecule has 116 valence electrons. The molecule has 0 unspecified atom stereocenters. The summed E-state index contributed by atoms with van der Waals surface area (Å²) in [6.45, 7) is 5.61. The molecule has 0 bridgehead atoms. The Morgan fingerprint density at radius 1 is 0.957 bits per heavy atom. The normalized spacial score (nSPS) is 10.7. The van der Waals surface area contributed by atoms with E-state index in [0.29, 0.717) is 16.9 Å². The van der Waals surface area contributed by atoms with Gasteiger partial charge in [-0.15, -0.1) is 0 Å². The Labute approximate surface area is 133 Å². The summed E-state index contributed by atoms with van der Waals surface area (Å²) in [6.07, 6.45) is 0. The number of fused-ring (bicyclic) bond motifs is 1. The Balaban J connectivity index is 1.96. The van der Waals surface area contributed by atoms with Gasteiger partial charge in [-0.2, -0.15) is 0 Å². The average Bonchev–Trinajstić information content (AvgIpc) is 2.49. The van der Waals surface area contributed by atoms with E-state index in [9.17, 15) is 9.59 Å². The van der Waals surface area contributed by atoms with Gasteiger partial charge in [0, 0.05) is 17.5 Å². The molecule has 1 heterocycles. The molecule has 4 heteroatoms. The lowest BCUT2D eigenvalue weighted by molar-refractivity contribution is 0.0734. The maximum atomic E-state index is 12.3. The van der Waals surface area contributed by atoms with E-state index in [1.807, 2.05) is 32.9 Å². The van der Waals surface area contributed by atoms with E-state index >= 15 is 0 Å². The summed E-state index contributed by atoms with van der Waals surface area (Å²) in [5, 5.41) is 0.816. The van der Waals surface area contributed by atoms with Gasteiger partial charge in [0.2, 0.25) is 0 Å². The molecule has 0 radical (unpaired) electrons. The molecule has 0 saturated heterocycles. The van der Waals surface area contributed by atoms with Gasteiger partial charge in [-0.25, -0.2) is 9.59 Å². The molecule has 0 aliphatic carbocycles. The number of carbonyl (C=O) groups excluding carboxylic acids is 1. The van der Waals surface area contributed by atoms with Crippen molar-refractivity contribution in [1.29, 1.82) is 0 Å². The van der Waals surface area contributed by atoms with Crippen molar-refractivity contribution in [2.24, 2.45) is 0 Å². The van der Waals surface area contributed by atoms with Crippen LogP contribution < -0.4 is 10.4 Å². The van der Waals surface area contributed by atoms with Crippen LogP contribution in [0.2, 0.25) is 0 Å². The minimum atomic E-state index is -0.430. The maximum absolute atomic E-state index is 12.3. The number of carbonyl (C=O) groups is 1. The molecule has 23 heavy (non-hydrogen) atoms. The van der Waals surface area contributed by atoms with E-state index in [0.717, 1.165) is 22.1 Å². The van der Waals surface area contributed by atoms with E-state index < -0.39 is 11.6 Å². The number of hydrogen-bond donors (Lipinski definition) is 0. The monoisotopic (exact) mass is 308 g/mol. The highest BCUT2D eigenvalue weighted by molar-refractivity contribution is 5.93. The second kappa shape index (κ2) is 5.72. The van der Waals surface area contributed by atoms with Crippen molar-refractivity contribution >= 4 is 16.9 Å². The molecular formula is C19H16O4. The number of benzene rings is 2. The fraction of sp³-hybridized carbons (Fsp3) is 0.158. The minimum absolute atomic E-state index is 0.345. The second-order valence-electron chi connectivity index (χ2n) is 5.61. The Kier molecular flexibility index (Phi) is 3.74. The predicted molar refractivity (Wildman–Crippen MR) is 88.1 cm³/mol. The molecule has 0 spiro atoms. The summed E-state index contributed by atoms with van der Waals surface area (Å²) in [5.74, 6) is -0.0855. The summed E-state index contributed by atoms with van der Waals surface area (Å²) in [4.78, 5) is 23.8. The standard InChI is InChI=1S/C19H16O4/c1-11-4-5-12(2)16(8-11)19(21)22-14-6-7-15-13(3)9-18(20)23-17(15)10-14/h4-10H,1-3H3. The molecule has 0 atom stereocenters. The predicted octanol–water partition coefficient (Wildman–Crippen LogP) is 3.94. The molecule has 4 nitrogen and oxygen atoms in total. The zero-order chi connectivity index (χ0) is 16.6. The van der Waals surface area contributed by atoms with Crippen molar-refractivity contribution in [2.45, 2.75) is 20.8 Å². The molecule has 3 rings (SSSR count). The first-order valence-corrected chi connectivity index (χ1v) is 7.28. The number of hydrogen-bond acceptors (Lipinski definition) is 4. The molecule has 0 fully saturated rings. The third kappa shape index (κ3) is 3.01. The molecule has 0 amide bonds.